The molecule has 1 aromatic rings. The summed E-state index contributed by atoms with van der Waals surface area (Å²) in [6, 6.07) is 7.68. The van der Waals surface area contributed by atoms with Gasteiger partial charge < -0.3 is 13.9 Å². The molecule has 174 valence electrons. The van der Waals surface area contributed by atoms with Crippen LogP contribution in [0, 0.1) is 10.1 Å². The fraction of sp³-hybridized carbons (Fsp3) is 0.619. The van der Waals surface area contributed by atoms with E-state index in [1.54, 1.807) is 28.8 Å². The summed E-state index contributed by atoms with van der Waals surface area (Å²) in [4.78, 5) is 38.6. The zero-order valence-electron chi connectivity index (χ0n) is 19.5. The van der Waals surface area contributed by atoms with E-state index in [1.807, 2.05) is 13.8 Å². The van der Waals surface area contributed by atoms with Crippen LogP contribution in [-0.4, -0.2) is 64.6 Å². The lowest BCUT2D eigenvalue weighted by molar-refractivity contribution is -0.384. The van der Waals surface area contributed by atoms with Crippen molar-refractivity contribution in [1.82, 2.24) is 9.13 Å². The van der Waals surface area contributed by atoms with Crippen molar-refractivity contribution in [2.45, 2.75) is 80.9 Å². The lowest BCUT2D eigenvalue weighted by Crippen LogP contribution is -2.76. The molecular formula is C21H31N3O5SSi2. The number of amides is 1. The van der Waals surface area contributed by atoms with Gasteiger partial charge >= 0.3 is 5.97 Å². The Bertz CT molecular complexity index is 953. The minimum Gasteiger partial charge on any atom is -0.459 e. The van der Waals surface area contributed by atoms with Gasteiger partial charge in [0.1, 0.15) is 40.5 Å². The van der Waals surface area contributed by atoms with Crippen molar-refractivity contribution in [3.8, 4) is 0 Å². The molecule has 0 saturated carbocycles. The number of nitrogens with zero attached hydrogens (tertiary/aromatic N) is 3. The third-order valence-corrected chi connectivity index (χ3v) is 18.9. The second kappa shape index (κ2) is 7.68. The van der Waals surface area contributed by atoms with Crippen molar-refractivity contribution in [2.24, 2.45) is 0 Å². The molecule has 0 aromatic heterocycles. The van der Waals surface area contributed by atoms with Crippen molar-refractivity contribution in [3.05, 3.63) is 39.9 Å². The number of fused-ring (bicyclic) bond motifs is 1. The number of esters is 1. The van der Waals surface area contributed by atoms with Crippen LogP contribution in [0.5, 0.6) is 0 Å². The van der Waals surface area contributed by atoms with Gasteiger partial charge in [0.05, 0.1) is 4.92 Å². The van der Waals surface area contributed by atoms with Crippen molar-refractivity contribution in [3.63, 3.8) is 0 Å². The van der Waals surface area contributed by atoms with Gasteiger partial charge in [-0.2, -0.15) is 0 Å². The zero-order valence-corrected chi connectivity index (χ0v) is 22.3. The maximum atomic E-state index is 13.4. The summed E-state index contributed by atoms with van der Waals surface area (Å²) in [5.74, 6) is -0.349. The number of hydrogen-bond acceptors (Lipinski definition) is 7. The highest BCUT2D eigenvalue weighted by atomic mass is 32.2. The van der Waals surface area contributed by atoms with Crippen LogP contribution in [0.25, 0.3) is 0 Å². The number of hydrogen-bond donors (Lipinski definition) is 0. The van der Waals surface area contributed by atoms with Crippen LogP contribution in [0.1, 0.15) is 19.4 Å². The first-order valence-electron chi connectivity index (χ1n) is 11.0. The van der Waals surface area contributed by atoms with E-state index < -0.39 is 38.2 Å². The van der Waals surface area contributed by atoms with E-state index in [0.29, 0.717) is 5.56 Å². The standard InChI is InChI=1S/C21H31N3O5SSi2/c1-21(2)17(20(26)29-13-14-7-9-15(10-8-14)23(27)28)22-18(25)16(19(22)30-21)24-31(3,4)11-12-32(24,5)6/h7-10,16-17,19H,11-13H2,1-6H3/t16-,17+,19-/m1/s1. The molecule has 4 rings (SSSR count). The van der Waals surface area contributed by atoms with E-state index in [9.17, 15) is 19.7 Å². The van der Waals surface area contributed by atoms with E-state index >= 15 is 0 Å². The van der Waals surface area contributed by atoms with Crippen molar-refractivity contribution < 1.29 is 19.2 Å². The molecule has 32 heavy (non-hydrogen) atoms. The molecule has 3 aliphatic heterocycles. The second-order valence-corrected chi connectivity index (χ2v) is 22.2. The van der Waals surface area contributed by atoms with Crippen LogP contribution in [0.2, 0.25) is 38.3 Å². The molecule has 0 aliphatic carbocycles. The average molecular weight is 494 g/mol. The molecular weight excluding hydrogens is 462 g/mol. The molecule has 3 heterocycles. The SMILES string of the molecule is CC1(C)S[C@@H]2[C@H](N3[Si](C)(C)CC[Si]3(C)C)C(=O)N2[C@H]1C(=O)OCc1ccc([N+](=O)[O-])cc1. The quantitative estimate of drug-likeness (QED) is 0.202. The Morgan fingerprint density at radius 1 is 1.19 bits per heavy atom. The van der Waals surface area contributed by atoms with Gasteiger partial charge in [0.25, 0.3) is 5.69 Å². The first-order chi connectivity index (χ1) is 14.8. The Hall–Kier alpha value is -1.70. The molecule has 3 aliphatic rings. The van der Waals surface area contributed by atoms with Crippen LogP contribution in [0.4, 0.5) is 5.69 Å². The van der Waals surface area contributed by atoms with Gasteiger partial charge in [-0.1, -0.05) is 26.2 Å². The van der Waals surface area contributed by atoms with Gasteiger partial charge in [0.15, 0.2) is 0 Å². The van der Waals surface area contributed by atoms with Gasteiger partial charge in [-0.25, -0.2) is 4.79 Å². The maximum Gasteiger partial charge on any atom is 0.330 e. The Morgan fingerprint density at radius 2 is 1.75 bits per heavy atom. The van der Waals surface area contributed by atoms with Gasteiger partial charge in [-0.05, 0) is 43.6 Å². The van der Waals surface area contributed by atoms with Crippen LogP contribution >= 0.6 is 11.8 Å². The zero-order chi connectivity index (χ0) is 23.6. The number of nitro benzene ring substituents is 1. The van der Waals surface area contributed by atoms with E-state index in [0.717, 1.165) is 0 Å². The topological polar surface area (TPSA) is 93.0 Å². The second-order valence-electron chi connectivity index (χ2n) is 10.7. The fourth-order valence-electron chi connectivity index (χ4n) is 5.58. The molecule has 3 fully saturated rings. The fourth-order valence-corrected chi connectivity index (χ4v) is 22.1. The summed E-state index contributed by atoms with van der Waals surface area (Å²) < 4.78 is 7.77. The van der Waals surface area contributed by atoms with Crippen LogP contribution in [0.15, 0.2) is 24.3 Å². The highest BCUT2D eigenvalue weighted by Crippen LogP contribution is 2.55. The number of carbonyl (C=O) groups excluding carboxylic acids is 2. The molecule has 8 nitrogen and oxygen atoms in total. The highest BCUT2D eigenvalue weighted by molar-refractivity contribution is 8.01. The van der Waals surface area contributed by atoms with E-state index in [4.69, 9.17) is 4.74 Å². The first kappa shape index (κ1) is 23.5. The van der Waals surface area contributed by atoms with E-state index in [1.165, 1.54) is 24.2 Å². The monoisotopic (exact) mass is 493 g/mol. The summed E-state index contributed by atoms with van der Waals surface area (Å²) in [5.41, 5.74) is 0.669. The Balaban J connectivity index is 1.48. The number of β-lactam (4-membered cyclic amide) rings is 1. The molecule has 3 saturated heterocycles. The predicted molar refractivity (Wildman–Crippen MR) is 129 cm³/mol. The van der Waals surface area contributed by atoms with Gasteiger partial charge in [-0.15, -0.1) is 11.8 Å². The summed E-state index contributed by atoms with van der Waals surface area (Å²) in [5, 5.41) is 10.8. The largest absolute Gasteiger partial charge is 0.459 e. The number of non-ortho nitro benzene ring substituents is 1. The lowest BCUT2D eigenvalue weighted by atomic mass is 9.96. The molecule has 1 amide bonds. The third kappa shape index (κ3) is 3.72. The summed E-state index contributed by atoms with van der Waals surface area (Å²) in [6.07, 6.45) is 0. The van der Waals surface area contributed by atoms with Crippen LogP contribution < -0.4 is 0 Å². The van der Waals surface area contributed by atoms with Gasteiger partial charge in [-0.3, -0.25) is 14.9 Å². The smallest absolute Gasteiger partial charge is 0.330 e. The highest BCUT2D eigenvalue weighted by Gasteiger charge is 2.68. The van der Waals surface area contributed by atoms with E-state index in [-0.39, 0.29) is 29.6 Å². The summed E-state index contributed by atoms with van der Waals surface area (Å²) in [6.45, 7) is 13.5. The van der Waals surface area contributed by atoms with E-state index in [2.05, 4.69) is 30.4 Å². The number of carbonyl (C=O) groups is 2. The minimum absolute atomic E-state index is 0.00618. The number of nitro groups is 1. The molecule has 1 aromatic carbocycles. The molecule has 0 spiro atoms. The molecule has 11 heteroatoms. The molecule has 0 bridgehead atoms. The summed E-state index contributed by atoms with van der Waals surface area (Å²) in [7, 11) is -3.27. The maximum absolute atomic E-state index is 13.4. The Labute approximate surface area is 195 Å². The van der Waals surface area contributed by atoms with Crippen molar-refractivity contribution in [1.29, 1.82) is 0 Å². The minimum atomic E-state index is -1.64. The lowest BCUT2D eigenvalue weighted by Gasteiger charge is -2.54. The van der Waals surface area contributed by atoms with Gasteiger partial charge in [0, 0.05) is 16.9 Å². The number of benzene rings is 1. The van der Waals surface area contributed by atoms with Crippen molar-refractivity contribution in [2.75, 3.05) is 0 Å². The number of rotatable bonds is 5. The average Bonchev–Trinajstić information content (AvgIpc) is 3.08. The summed E-state index contributed by atoms with van der Waals surface area (Å²) >= 11 is 1.71. The number of ether oxygens (including phenoxy) is 1. The first-order valence-corrected chi connectivity index (χ1v) is 18.1. The normalized spacial score (nSPS) is 30.0. The van der Waals surface area contributed by atoms with Crippen molar-refractivity contribution >= 4 is 45.8 Å². The molecule has 3 atom stereocenters. The van der Waals surface area contributed by atoms with Crippen LogP contribution in [0.3, 0.4) is 0 Å². The van der Waals surface area contributed by atoms with Crippen LogP contribution in [-0.2, 0) is 20.9 Å². The molecule has 0 unspecified atom stereocenters. The molecule has 0 N–H and O–H groups in total. The van der Waals surface area contributed by atoms with Gasteiger partial charge in [0.2, 0.25) is 5.91 Å². The Kier molecular flexibility index (Phi) is 5.63. The third-order valence-electron chi connectivity index (χ3n) is 7.10. The molecule has 0 radical (unpaired) electrons. The number of thioether (sulfide) groups is 1. The Morgan fingerprint density at radius 3 is 2.28 bits per heavy atom. The predicted octanol–water partition coefficient (Wildman–Crippen LogP) is 3.79.